The van der Waals surface area contributed by atoms with Crippen LogP contribution in [0.3, 0.4) is 0 Å². The average molecular weight is 213 g/mol. The van der Waals surface area contributed by atoms with Crippen LogP contribution in [0.5, 0.6) is 0 Å². The van der Waals surface area contributed by atoms with Gasteiger partial charge in [0.05, 0.1) is 4.92 Å². The standard InChI is InChI=1S/C13H11NO2/c1-10-6-7-11(8-9-14(15)16)13-5-3-2-4-12(10)13/h2-9H,1H3/b9-8+. The first-order valence-electron chi connectivity index (χ1n) is 4.98. The Morgan fingerprint density at radius 2 is 1.81 bits per heavy atom. The van der Waals surface area contributed by atoms with Crippen LogP contribution >= 0.6 is 0 Å². The molecule has 3 nitrogen and oxygen atoms in total. The summed E-state index contributed by atoms with van der Waals surface area (Å²) in [6.45, 7) is 2.03. The van der Waals surface area contributed by atoms with E-state index in [4.69, 9.17) is 0 Å². The van der Waals surface area contributed by atoms with Gasteiger partial charge in [0.15, 0.2) is 0 Å². The molecule has 3 heteroatoms. The molecule has 0 N–H and O–H groups in total. The zero-order valence-electron chi connectivity index (χ0n) is 8.88. The fraction of sp³-hybridized carbons (Fsp3) is 0.0769. The first-order valence-corrected chi connectivity index (χ1v) is 4.98. The van der Waals surface area contributed by atoms with Crippen LogP contribution in [0.2, 0.25) is 0 Å². The third kappa shape index (κ3) is 1.93. The van der Waals surface area contributed by atoms with Crippen LogP contribution in [0, 0.1) is 17.0 Å². The normalized spacial score (nSPS) is 11.1. The third-order valence-electron chi connectivity index (χ3n) is 2.55. The number of aryl methyl sites for hydroxylation is 1. The van der Waals surface area contributed by atoms with E-state index in [1.807, 2.05) is 43.3 Å². The summed E-state index contributed by atoms with van der Waals surface area (Å²) in [4.78, 5) is 9.84. The van der Waals surface area contributed by atoms with E-state index < -0.39 is 4.92 Å². The highest BCUT2D eigenvalue weighted by atomic mass is 16.6. The van der Waals surface area contributed by atoms with Crippen molar-refractivity contribution in [2.45, 2.75) is 6.92 Å². The van der Waals surface area contributed by atoms with Crippen molar-refractivity contribution < 1.29 is 4.92 Å². The van der Waals surface area contributed by atoms with Gasteiger partial charge in [-0.1, -0.05) is 36.4 Å². The molecule has 0 radical (unpaired) electrons. The number of nitrogens with zero attached hydrogens (tertiary/aromatic N) is 1. The summed E-state index contributed by atoms with van der Waals surface area (Å²) >= 11 is 0. The van der Waals surface area contributed by atoms with Gasteiger partial charge in [0.25, 0.3) is 0 Å². The van der Waals surface area contributed by atoms with E-state index in [1.165, 1.54) is 11.6 Å². The van der Waals surface area contributed by atoms with Crippen molar-refractivity contribution in [2.24, 2.45) is 0 Å². The predicted octanol–water partition coefficient (Wildman–Crippen LogP) is 3.40. The Hall–Kier alpha value is -2.16. The van der Waals surface area contributed by atoms with E-state index in [-0.39, 0.29) is 0 Å². The van der Waals surface area contributed by atoms with Gasteiger partial charge in [-0.25, -0.2) is 0 Å². The molecular formula is C13H11NO2. The Labute approximate surface area is 93.2 Å². The number of nitro groups is 1. The van der Waals surface area contributed by atoms with Gasteiger partial charge >= 0.3 is 0 Å². The lowest BCUT2D eigenvalue weighted by Crippen LogP contribution is -1.85. The summed E-state index contributed by atoms with van der Waals surface area (Å²) in [5, 5.41) is 12.5. The van der Waals surface area contributed by atoms with E-state index in [2.05, 4.69) is 0 Å². The number of fused-ring (bicyclic) bond motifs is 1. The van der Waals surface area contributed by atoms with Gasteiger partial charge in [0, 0.05) is 6.08 Å². The maximum absolute atomic E-state index is 10.3. The highest BCUT2D eigenvalue weighted by molar-refractivity contribution is 5.92. The van der Waals surface area contributed by atoms with Crippen LogP contribution in [0.15, 0.2) is 42.6 Å². The maximum atomic E-state index is 10.3. The van der Waals surface area contributed by atoms with Crippen molar-refractivity contribution in [1.82, 2.24) is 0 Å². The second-order valence-electron chi connectivity index (χ2n) is 3.62. The lowest BCUT2D eigenvalue weighted by Gasteiger charge is -2.04. The molecule has 0 saturated heterocycles. The summed E-state index contributed by atoms with van der Waals surface area (Å²) in [5.74, 6) is 0. The molecule has 0 amide bonds. The molecule has 0 saturated carbocycles. The molecule has 80 valence electrons. The Morgan fingerprint density at radius 3 is 2.50 bits per heavy atom. The Bertz CT molecular complexity index is 573. The van der Waals surface area contributed by atoms with Crippen LogP contribution in [0.1, 0.15) is 11.1 Å². The van der Waals surface area contributed by atoms with E-state index >= 15 is 0 Å². The summed E-state index contributed by atoms with van der Waals surface area (Å²) in [7, 11) is 0. The predicted molar refractivity (Wildman–Crippen MR) is 64.7 cm³/mol. The average Bonchev–Trinajstić information content (AvgIpc) is 2.28. The van der Waals surface area contributed by atoms with E-state index in [9.17, 15) is 10.1 Å². The molecule has 0 aliphatic heterocycles. The van der Waals surface area contributed by atoms with Crippen molar-refractivity contribution in [3.8, 4) is 0 Å². The lowest BCUT2D eigenvalue weighted by atomic mass is 10.0. The maximum Gasteiger partial charge on any atom is 0.235 e. The molecule has 0 aliphatic carbocycles. The van der Waals surface area contributed by atoms with Crippen LogP contribution in [-0.2, 0) is 0 Å². The minimum absolute atomic E-state index is 0.450. The highest BCUT2D eigenvalue weighted by Gasteiger charge is 2.01. The molecule has 2 aromatic carbocycles. The molecular weight excluding hydrogens is 202 g/mol. The molecule has 0 unspecified atom stereocenters. The molecule has 0 aliphatic rings. The molecule has 0 atom stereocenters. The van der Waals surface area contributed by atoms with E-state index in [0.29, 0.717) is 0 Å². The Kier molecular flexibility index (Phi) is 2.68. The topological polar surface area (TPSA) is 43.1 Å². The second-order valence-corrected chi connectivity index (χ2v) is 3.62. The summed E-state index contributed by atoms with van der Waals surface area (Å²) in [6, 6.07) is 11.8. The largest absolute Gasteiger partial charge is 0.259 e. The molecule has 0 spiro atoms. The van der Waals surface area contributed by atoms with Crippen LogP contribution in [0.4, 0.5) is 0 Å². The molecule has 16 heavy (non-hydrogen) atoms. The molecule has 2 rings (SSSR count). The zero-order valence-corrected chi connectivity index (χ0v) is 8.88. The monoisotopic (exact) mass is 213 g/mol. The second kappa shape index (κ2) is 4.14. The molecule has 0 bridgehead atoms. The van der Waals surface area contributed by atoms with Gasteiger partial charge in [0.2, 0.25) is 6.20 Å². The third-order valence-corrected chi connectivity index (χ3v) is 2.55. The van der Waals surface area contributed by atoms with Crippen molar-refractivity contribution in [1.29, 1.82) is 0 Å². The number of hydrogen-bond donors (Lipinski definition) is 0. The SMILES string of the molecule is Cc1ccc(/C=C/[N+](=O)[O-])c2ccccc12. The minimum Gasteiger partial charge on any atom is -0.259 e. The van der Waals surface area contributed by atoms with E-state index in [0.717, 1.165) is 22.5 Å². The van der Waals surface area contributed by atoms with Gasteiger partial charge in [0.1, 0.15) is 0 Å². The van der Waals surface area contributed by atoms with Gasteiger partial charge in [-0.15, -0.1) is 0 Å². The summed E-state index contributed by atoms with van der Waals surface area (Å²) in [5.41, 5.74) is 2.05. The quantitative estimate of drug-likeness (QED) is 0.566. The van der Waals surface area contributed by atoms with Gasteiger partial charge in [-0.3, -0.25) is 10.1 Å². The van der Waals surface area contributed by atoms with Crippen molar-refractivity contribution >= 4 is 16.8 Å². The minimum atomic E-state index is -0.450. The summed E-state index contributed by atoms with van der Waals surface area (Å²) in [6.07, 6.45) is 2.50. The zero-order chi connectivity index (χ0) is 11.5. The number of rotatable bonds is 2. The van der Waals surface area contributed by atoms with E-state index in [1.54, 1.807) is 0 Å². The fourth-order valence-corrected chi connectivity index (χ4v) is 1.76. The fourth-order valence-electron chi connectivity index (χ4n) is 1.76. The molecule has 0 fully saturated rings. The Balaban J connectivity index is 2.63. The van der Waals surface area contributed by atoms with Crippen LogP contribution < -0.4 is 0 Å². The first-order chi connectivity index (χ1) is 7.68. The van der Waals surface area contributed by atoms with Gasteiger partial charge in [-0.05, 0) is 28.8 Å². The van der Waals surface area contributed by atoms with Crippen LogP contribution in [0.25, 0.3) is 16.8 Å². The van der Waals surface area contributed by atoms with Gasteiger partial charge in [-0.2, -0.15) is 0 Å². The van der Waals surface area contributed by atoms with Gasteiger partial charge < -0.3 is 0 Å². The number of hydrogen-bond acceptors (Lipinski definition) is 2. The molecule has 2 aromatic rings. The lowest BCUT2D eigenvalue weighted by molar-refractivity contribution is -0.400. The van der Waals surface area contributed by atoms with Crippen molar-refractivity contribution in [2.75, 3.05) is 0 Å². The highest BCUT2D eigenvalue weighted by Crippen LogP contribution is 2.23. The Morgan fingerprint density at radius 1 is 1.12 bits per heavy atom. The molecule has 0 aromatic heterocycles. The smallest absolute Gasteiger partial charge is 0.235 e. The van der Waals surface area contributed by atoms with Crippen molar-refractivity contribution in [3.63, 3.8) is 0 Å². The molecule has 0 heterocycles. The number of benzene rings is 2. The van der Waals surface area contributed by atoms with Crippen LogP contribution in [-0.4, -0.2) is 4.92 Å². The summed E-state index contributed by atoms with van der Waals surface area (Å²) < 4.78 is 0. The first kappa shape index (κ1) is 10.4. The van der Waals surface area contributed by atoms with Crippen molar-refractivity contribution in [3.05, 3.63) is 63.8 Å².